The molecule has 2 rings (SSSR count). The Labute approximate surface area is 177 Å². The second-order valence-electron chi connectivity index (χ2n) is 7.15. The van der Waals surface area contributed by atoms with Crippen molar-refractivity contribution in [1.29, 1.82) is 0 Å². The highest BCUT2D eigenvalue weighted by atomic mass is 32.2. The second kappa shape index (κ2) is 10.2. The highest BCUT2D eigenvalue weighted by Crippen LogP contribution is 2.18. The number of carbonyl (C=O) groups is 2. The van der Waals surface area contributed by atoms with E-state index in [1.54, 1.807) is 32.3 Å². The van der Waals surface area contributed by atoms with Crippen LogP contribution in [0.1, 0.15) is 11.1 Å². The maximum Gasteiger partial charge on any atom is 0.242 e. The van der Waals surface area contributed by atoms with Crippen LogP contribution in [0.2, 0.25) is 0 Å². The van der Waals surface area contributed by atoms with Gasteiger partial charge in [0.15, 0.2) is 0 Å². The number of likely N-dealkylation sites (N-methyl/N-ethyl adjacent to an activating group) is 1. The van der Waals surface area contributed by atoms with Gasteiger partial charge in [0.1, 0.15) is 0 Å². The molecule has 162 valence electrons. The molecule has 0 fully saturated rings. The molecule has 2 N–H and O–H groups in total. The predicted octanol–water partition coefficient (Wildman–Crippen LogP) is 1.30. The van der Waals surface area contributed by atoms with Gasteiger partial charge in [-0.3, -0.25) is 9.59 Å². The van der Waals surface area contributed by atoms with Crippen molar-refractivity contribution < 1.29 is 18.0 Å². The van der Waals surface area contributed by atoms with Gasteiger partial charge in [0.2, 0.25) is 21.8 Å². The zero-order valence-corrected chi connectivity index (χ0v) is 18.5. The summed E-state index contributed by atoms with van der Waals surface area (Å²) < 4.78 is 26.0. The van der Waals surface area contributed by atoms with Gasteiger partial charge in [-0.1, -0.05) is 36.4 Å². The molecule has 0 aliphatic heterocycles. The first kappa shape index (κ1) is 23.4. The topological polar surface area (TPSA) is 98.8 Å². The van der Waals surface area contributed by atoms with Crippen LogP contribution in [0.3, 0.4) is 0 Å². The van der Waals surface area contributed by atoms with Gasteiger partial charge in [0.25, 0.3) is 0 Å². The van der Waals surface area contributed by atoms with Crippen LogP contribution in [-0.4, -0.2) is 64.2 Å². The molecule has 0 radical (unpaired) electrons. The van der Waals surface area contributed by atoms with Gasteiger partial charge in [-0.15, -0.1) is 0 Å². The van der Waals surface area contributed by atoms with Gasteiger partial charge in [-0.25, -0.2) is 12.7 Å². The lowest BCUT2D eigenvalue weighted by molar-refractivity contribution is -0.128. The van der Waals surface area contributed by atoms with Crippen molar-refractivity contribution in [2.24, 2.45) is 0 Å². The largest absolute Gasteiger partial charge is 0.376 e. The minimum atomic E-state index is -3.60. The maximum atomic E-state index is 12.5. The third kappa shape index (κ3) is 6.04. The van der Waals surface area contributed by atoms with Gasteiger partial charge in [0, 0.05) is 40.4 Å². The third-order valence-electron chi connectivity index (χ3n) is 4.50. The molecule has 0 saturated heterocycles. The Balaban J connectivity index is 2.01. The lowest BCUT2D eigenvalue weighted by Crippen LogP contribution is -2.31. The van der Waals surface area contributed by atoms with Gasteiger partial charge in [0.05, 0.1) is 17.9 Å². The summed E-state index contributed by atoms with van der Waals surface area (Å²) in [6, 6.07) is 13.9. The molecule has 2 aromatic rings. The first-order valence-corrected chi connectivity index (χ1v) is 10.9. The second-order valence-corrected chi connectivity index (χ2v) is 9.27. The van der Waals surface area contributed by atoms with Crippen LogP contribution in [0.25, 0.3) is 0 Å². The lowest BCUT2D eigenvalue weighted by atomic mass is 10.1. The fraction of sp³-hybridized carbons (Fsp3) is 0.333. The number of sulfonamides is 1. The number of hydrogen-bond donors (Lipinski definition) is 2. The van der Waals surface area contributed by atoms with Gasteiger partial charge < -0.3 is 15.5 Å². The molecule has 0 unspecified atom stereocenters. The quantitative estimate of drug-likeness (QED) is 0.622. The van der Waals surface area contributed by atoms with Gasteiger partial charge in [-0.05, 0) is 23.3 Å². The molecule has 0 aliphatic rings. The number of benzene rings is 2. The minimum Gasteiger partial charge on any atom is -0.376 e. The fourth-order valence-electron chi connectivity index (χ4n) is 2.70. The molecule has 0 heterocycles. The summed E-state index contributed by atoms with van der Waals surface area (Å²) in [6.07, 6.45) is 0.230. The summed E-state index contributed by atoms with van der Waals surface area (Å²) in [7, 11) is 2.72. The van der Waals surface area contributed by atoms with E-state index in [1.165, 1.54) is 25.1 Å². The van der Waals surface area contributed by atoms with Crippen LogP contribution in [0.15, 0.2) is 53.4 Å². The van der Waals surface area contributed by atoms with E-state index in [-0.39, 0.29) is 36.2 Å². The number of carbonyl (C=O) groups excluding carboxylic acids is 2. The Bertz CT molecular complexity index is 1000. The Morgan fingerprint density at radius 1 is 0.900 bits per heavy atom. The van der Waals surface area contributed by atoms with Crippen molar-refractivity contribution in [2.45, 2.75) is 17.9 Å². The smallest absolute Gasteiger partial charge is 0.242 e. The average molecular weight is 433 g/mol. The molecule has 8 nitrogen and oxygen atoms in total. The maximum absolute atomic E-state index is 12.5. The molecule has 0 aliphatic carbocycles. The van der Waals surface area contributed by atoms with Crippen molar-refractivity contribution in [3.05, 3.63) is 59.7 Å². The summed E-state index contributed by atoms with van der Waals surface area (Å²) in [5.74, 6) is -0.326. The molecule has 0 atom stereocenters. The molecule has 30 heavy (non-hydrogen) atoms. The molecule has 0 spiro atoms. The zero-order valence-electron chi connectivity index (χ0n) is 17.7. The van der Waals surface area contributed by atoms with E-state index in [1.807, 2.05) is 24.3 Å². The van der Waals surface area contributed by atoms with Crippen molar-refractivity contribution in [2.75, 3.05) is 40.1 Å². The fourth-order valence-corrected chi connectivity index (χ4v) is 3.81. The van der Waals surface area contributed by atoms with Crippen LogP contribution in [0.5, 0.6) is 0 Å². The van der Waals surface area contributed by atoms with E-state index in [2.05, 4.69) is 10.6 Å². The van der Waals surface area contributed by atoms with Gasteiger partial charge in [-0.2, -0.15) is 0 Å². The first-order chi connectivity index (χ1) is 14.1. The number of rotatable bonds is 9. The normalized spacial score (nSPS) is 11.2. The number of nitrogens with one attached hydrogen (secondary N) is 2. The molecule has 0 bridgehead atoms. The molecular formula is C21H28N4O4S. The van der Waals surface area contributed by atoms with Crippen molar-refractivity contribution in [3.8, 4) is 0 Å². The molecular weight excluding hydrogens is 404 g/mol. The monoisotopic (exact) mass is 432 g/mol. The van der Waals surface area contributed by atoms with Crippen molar-refractivity contribution in [1.82, 2.24) is 14.5 Å². The average Bonchev–Trinajstić information content (AvgIpc) is 2.71. The van der Waals surface area contributed by atoms with Crippen molar-refractivity contribution >= 4 is 27.5 Å². The summed E-state index contributed by atoms with van der Waals surface area (Å²) in [6.45, 7) is 0.0836. The van der Waals surface area contributed by atoms with E-state index < -0.39 is 10.0 Å². The van der Waals surface area contributed by atoms with Crippen LogP contribution >= 0.6 is 0 Å². The highest BCUT2D eigenvalue weighted by molar-refractivity contribution is 7.89. The molecule has 0 saturated carbocycles. The number of anilines is 1. The molecule has 2 amide bonds. The summed E-state index contributed by atoms with van der Waals surface area (Å²) in [5, 5.41) is 5.79. The Hall–Kier alpha value is -2.91. The van der Waals surface area contributed by atoms with Crippen LogP contribution in [0, 0.1) is 0 Å². The van der Waals surface area contributed by atoms with Gasteiger partial charge >= 0.3 is 0 Å². The van der Waals surface area contributed by atoms with Crippen LogP contribution < -0.4 is 10.6 Å². The number of nitrogens with zero attached hydrogens (tertiary/aromatic N) is 2. The highest BCUT2D eigenvalue weighted by Gasteiger charge is 2.20. The van der Waals surface area contributed by atoms with E-state index in [9.17, 15) is 18.0 Å². The van der Waals surface area contributed by atoms with Crippen LogP contribution in [-0.2, 0) is 32.6 Å². The van der Waals surface area contributed by atoms with Crippen LogP contribution in [0.4, 0.5) is 5.69 Å². The van der Waals surface area contributed by atoms with E-state index >= 15 is 0 Å². The summed E-state index contributed by atoms with van der Waals surface area (Å²) in [4.78, 5) is 26.0. The zero-order chi connectivity index (χ0) is 22.3. The molecule has 9 heteroatoms. The van der Waals surface area contributed by atoms with E-state index in [0.717, 1.165) is 9.87 Å². The summed E-state index contributed by atoms with van der Waals surface area (Å²) >= 11 is 0. The van der Waals surface area contributed by atoms with E-state index in [4.69, 9.17) is 0 Å². The number of amides is 2. The summed E-state index contributed by atoms with van der Waals surface area (Å²) in [5.41, 5.74) is 2.02. The Morgan fingerprint density at radius 3 is 2.13 bits per heavy atom. The lowest BCUT2D eigenvalue weighted by Gasteiger charge is -2.16. The SMILES string of the molecule is CN(C)C(=O)Cc1ccccc1NCC(=O)NCc1ccccc1S(=O)(=O)N(C)C. The predicted molar refractivity (Wildman–Crippen MR) is 116 cm³/mol. The Morgan fingerprint density at radius 2 is 1.50 bits per heavy atom. The standard InChI is InChI=1S/C21H28N4O4S/c1-24(2)21(27)13-16-9-5-7-11-18(16)22-15-20(26)23-14-17-10-6-8-12-19(17)30(28,29)25(3)4/h5-12,22H,13-15H2,1-4H3,(H,23,26). The minimum absolute atomic E-state index is 0.00420. The Kier molecular flexibility index (Phi) is 7.96. The molecule has 0 aromatic heterocycles. The first-order valence-electron chi connectivity index (χ1n) is 9.42. The molecule has 2 aromatic carbocycles. The number of hydrogen-bond acceptors (Lipinski definition) is 5. The van der Waals surface area contributed by atoms with Crippen molar-refractivity contribution in [3.63, 3.8) is 0 Å². The third-order valence-corrected chi connectivity index (χ3v) is 6.42. The number of para-hydroxylation sites is 1. The van der Waals surface area contributed by atoms with E-state index in [0.29, 0.717) is 11.3 Å².